The van der Waals surface area contributed by atoms with E-state index < -0.39 is 6.10 Å². The number of aryl methyl sites for hydroxylation is 2. The van der Waals surface area contributed by atoms with Crippen molar-refractivity contribution in [2.24, 2.45) is 0 Å². The van der Waals surface area contributed by atoms with E-state index in [-0.39, 0.29) is 5.91 Å². The number of para-hydroxylation sites is 1. The number of hydrogen-bond donors (Lipinski definition) is 1. The molecule has 0 aliphatic carbocycles. The molecule has 4 nitrogen and oxygen atoms in total. The van der Waals surface area contributed by atoms with Crippen LogP contribution in [0.15, 0.2) is 42.5 Å². The second-order valence-corrected chi connectivity index (χ2v) is 5.98. The van der Waals surface area contributed by atoms with Crippen molar-refractivity contribution >= 4 is 17.5 Å². The predicted molar refractivity (Wildman–Crippen MR) is 96.0 cm³/mol. The highest BCUT2D eigenvalue weighted by atomic mass is 35.5. The lowest BCUT2D eigenvalue weighted by molar-refractivity contribution is -0.127. The molecule has 128 valence electrons. The van der Waals surface area contributed by atoms with E-state index in [0.29, 0.717) is 29.7 Å². The number of rotatable bonds is 7. The van der Waals surface area contributed by atoms with Gasteiger partial charge in [-0.25, -0.2) is 0 Å². The second-order valence-electron chi connectivity index (χ2n) is 5.58. The van der Waals surface area contributed by atoms with Gasteiger partial charge in [0.1, 0.15) is 18.1 Å². The van der Waals surface area contributed by atoms with Gasteiger partial charge in [-0.3, -0.25) is 4.79 Å². The minimum atomic E-state index is -0.570. The molecular weight excluding hydrogens is 326 g/mol. The Bertz CT molecular complexity index is 703. The normalized spacial score (nSPS) is 11.7. The third-order valence-electron chi connectivity index (χ3n) is 3.58. The Morgan fingerprint density at radius 1 is 1.17 bits per heavy atom. The van der Waals surface area contributed by atoms with Crippen LogP contribution in [0.25, 0.3) is 0 Å². The van der Waals surface area contributed by atoms with Crippen LogP contribution in [-0.2, 0) is 4.79 Å². The van der Waals surface area contributed by atoms with Crippen LogP contribution in [0.3, 0.4) is 0 Å². The summed E-state index contributed by atoms with van der Waals surface area (Å²) < 4.78 is 11.3. The SMILES string of the molecule is Cc1ccc(OCCNC(=O)[C@H](C)Oc2ccccc2C)cc1Cl. The van der Waals surface area contributed by atoms with Crippen LogP contribution in [0.4, 0.5) is 0 Å². The van der Waals surface area contributed by atoms with Crippen molar-refractivity contribution in [1.82, 2.24) is 5.32 Å². The Balaban J connectivity index is 1.74. The molecule has 0 spiro atoms. The van der Waals surface area contributed by atoms with Crippen LogP contribution in [0.2, 0.25) is 5.02 Å². The first-order valence-electron chi connectivity index (χ1n) is 7.86. The third-order valence-corrected chi connectivity index (χ3v) is 3.99. The molecule has 0 saturated heterocycles. The molecular formula is C19H22ClNO3. The van der Waals surface area contributed by atoms with Crippen LogP contribution in [0, 0.1) is 13.8 Å². The van der Waals surface area contributed by atoms with Crippen LogP contribution in [-0.4, -0.2) is 25.2 Å². The number of benzene rings is 2. The van der Waals surface area contributed by atoms with E-state index in [4.69, 9.17) is 21.1 Å². The Morgan fingerprint density at radius 2 is 1.92 bits per heavy atom. The Morgan fingerprint density at radius 3 is 2.62 bits per heavy atom. The minimum absolute atomic E-state index is 0.177. The first-order valence-corrected chi connectivity index (χ1v) is 8.24. The molecule has 0 saturated carbocycles. The van der Waals surface area contributed by atoms with Gasteiger partial charge in [-0.05, 0) is 50.1 Å². The molecule has 2 aromatic carbocycles. The van der Waals surface area contributed by atoms with E-state index in [9.17, 15) is 4.79 Å². The molecule has 2 rings (SSSR count). The summed E-state index contributed by atoms with van der Waals surface area (Å²) in [5.74, 6) is 1.22. The molecule has 0 bridgehead atoms. The van der Waals surface area contributed by atoms with Gasteiger partial charge in [0.05, 0.1) is 6.54 Å². The van der Waals surface area contributed by atoms with E-state index >= 15 is 0 Å². The van der Waals surface area contributed by atoms with Crippen molar-refractivity contribution in [2.45, 2.75) is 26.9 Å². The zero-order valence-electron chi connectivity index (χ0n) is 14.1. The predicted octanol–water partition coefficient (Wildman–Crippen LogP) is 3.92. The van der Waals surface area contributed by atoms with Gasteiger partial charge in [0, 0.05) is 5.02 Å². The number of hydrogen-bond acceptors (Lipinski definition) is 3. The topological polar surface area (TPSA) is 47.6 Å². The summed E-state index contributed by atoms with van der Waals surface area (Å²) >= 11 is 6.04. The zero-order valence-corrected chi connectivity index (χ0v) is 14.9. The van der Waals surface area contributed by atoms with E-state index in [1.807, 2.05) is 50.2 Å². The largest absolute Gasteiger partial charge is 0.492 e. The summed E-state index contributed by atoms with van der Waals surface area (Å²) in [6, 6.07) is 13.1. The van der Waals surface area contributed by atoms with Gasteiger partial charge < -0.3 is 14.8 Å². The van der Waals surface area contributed by atoms with Crippen molar-refractivity contribution in [3.05, 3.63) is 58.6 Å². The fourth-order valence-electron chi connectivity index (χ4n) is 2.08. The van der Waals surface area contributed by atoms with E-state index in [1.54, 1.807) is 13.0 Å². The maximum Gasteiger partial charge on any atom is 0.260 e. The standard InChI is InChI=1S/C19H22ClNO3/c1-13-8-9-16(12-17(13)20)23-11-10-21-19(22)15(3)24-18-7-5-4-6-14(18)2/h4-9,12,15H,10-11H2,1-3H3,(H,21,22)/t15-/m0/s1. The van der Waals surface area contributed by atoms with Crippen molar-refractivity contribution in [1.29, 1.82) is 0 Å². The zero-order chi connectivity index (χ0) is 17.5. The Labute approximate surface area is 147 Å². The summed E-state index contributed by atoms with van der Waals surface area (Å²) in [5.41, 5.74) is 2.00. The van der Waals surface area contributed by atoms with Crippen LogP contribution in [0.5, 0.6) is 11.5 Å². The van der Waals surface area contributed by atoms with Crippen LogP contribution in [0.1, 0.15) is 18.1 Å². The van der Waals surface area contributed by atoms with Gasteiger partial charge in [-0.1, -0.05) is 35.9 Å². The highest BCUT2D eigenvalue weighted by Gasteiger charge is 2.14. The summed E-state index contributed by atoms with van der Waals surface area (Å²) in [5, 5.41) is 3.46. The Kier molecular flexibility index (Phi) is 6.50. The maximum absolute atomic E-state index is 12.1. The quantitative estimate of drug-likeness (QED) is 0.772. The maximum atomic E-state index is 12.1. The Hall–Kier alpha value is -2.20. The van der Waals surface area contributed by atoms with Crippen molar-refractivity contribution in [3.8, 4) is 11.5 Å². The number of carbonyl (C=O) groups is 1. The van der Waals surface area contributed by atoms with E-state index in [1.165, 1.54) is 0 Å². The first-order chi connectivity index (χ1) is 11.5. The minimum Gasteiger partial charge on any atom is -0.492 e. The van der Waals surface area contributed by atoms with Crippen molar-refractivity contribution in [2.75, 3.05) is 13.2 Å². The first kappa shape index (κ1) is 18.1. The summed E-state index contributed by atoms with van der Waals surface area (Å²) in [6.07, 6.45) is -0.570. The molecule has 1 N–H and O–H groups in total. The third kappa shape index (κ3) is 5.17. The second kappa shape index (κ2) is 8.60. The van der Waals surface area contributed by atoms with Gasteiger partial charge in [0.15, 0.2) is 6.10 Å². The monoisotopic (exact) mass is 347 g/mol. The smallest absolute Gasteiger partial charge is 0.260 e. The number of amides is 1. The molecule has 0 aromatic heterocycles. The lowest BCUT2D eigenvalue weighted by atomic mass is 10.2. The molecule has 0 fully saturated rings. The summed E-state index contributed by atoms with van der Waals surface area (Å²) in [7, 11) is 0. The lowest BCUT2D eigenvalue weighted by Gasteiger charge is -2.16. The number of nitrogens with one attached hydrogen (secondary N) is 1. The van der Waals surface area contributed by atoms with Gasteiger partial charge in [-0.15, -0.1) is 0 Å². The lowest BCUT2D eigenvalue weighted by Crippen LogP contribution is -2.38. The van der Waals surface area contributed by atoms with Gasteiger partial charge >= 0.3 is 0 Å². The van der Waals surface area contributed by atoms with Gasteiger partial charge in [-0.2, -0.15) is 0 Å². The van der Waals surface area contributed by atoms with Gasteiger partial charge in [0.2, 0.25) is 0 Å². The molecule has 1 atom stereocenters. The summed E-state index contributed by atoms with van der Waals surface area (Å²) in [4.78, 5) is 12.1. The number of ether oxygens (including phenoxy) is 2. The van der Waals surface area contributed by atoms with Crippen LogP contribution >= 0.6 is 11.6 Å². The van der Waals surface area contributed by atoms with Crippen molar-refractivity contribution in [3.63, 3.8) is 0 Å². The van der Waals surface area contributed by atoms with Crippen LogP contribution < -0.4 is 14.8 Å². The average molecular weight is 348 g/mol. The highest BCUT2D eigenvalue weighted by molar-refractivity contribution is 6.31. The fourth-order valence-corrected chi connectivity index (χ4v) is 2.25. The number of carbonyl (C=O) groups excluding carboxylic acids is 1. The molecule has 2 aromatic rings. The fraction of sp³-hybridized carbons (Fsp3) is 0.316. The highest BCUT2D eigenvalue weighted by Crippen LogP contribution is 2.21. The van der Waals surface area contributed by atoms with Gasteiger partial charge in [0.25, 0.3) is 5.91 Å². The molecule has 0 radical (unpaired) electrons. The molecule has 0 unspecified atom stereocenters. The number of halogens is 1. The molecule has 5 heteroatoms. The molecule has 1 amide bonds. The summed E-state index contributed by atoms with van der Waals surface area (Å²) in [6.45, 7) is 6.36. The molecule has 0 heterocycles. The molecule has 24 heavy (non-hydrogen) atoms. The van der Waals surface area contributed by atoms with E-state index in [0.717, 1.165) is 11.1 Å². The molecule has 0 aliphatic heterocycles. The average Bonchev–Trinajstić information content (AvgIpc) is 2.56. The van der Waals surface area contributed by atoms with Crippen molar-refractivity contribution < 1.29 is 14.3 Å². The van der Waals surface area contributed by atoms with E-state index in [2.05, 4.69) is 5.32 Å². The molecule has 0 aliphatic rings.